The van der Waals surface area contributed by atoms with Gasteiger partial charge in [-0.2, -0.15) is 0 Å². The minimum absolute atomic E-state index is 0.107. The molecule has 1 atom stereocenters. The summed E-state index contributed by atoms with van der Waals surface area (Å²) in [5.41, 5.74) is 0.652. The maximum atomic E-state index is 13.1. The van der Waals surface area contributed by atoms with Gasteiger partial charge in [-0.15, -0.1) is 0 Å². The molecule has 1 heterocycles. The van der Waals surface area contributed by atoms with Crippen LogP contribution in [0.3, 0.4) is 0 Å². The van der Waals surface area contributed by atoms with E-state index in [-0.39, 0.29) is 39.7 Å². The van der Waals surface area contributed by atoms with Crippen LogP contribution in [0, 0.1) is 16.0 Å². The maximum Gasteiger partial charge on any atom is 0.279 e. The fraction of sp³-hybridized carbons (Fsp3) is 0.304. The molecular formula is C23H22ClN3O4. The van der Waals surface area contributed by atoms with Crippen LogP contribution in [-0.4, -0.2) is 20.9 Å². The normalized spacial score (nSPS) is 15.5. The number of carbonyl (C=O) groups is 1. The first kappa shape index (κ1) is 21.1. The molecule has 31 heavy (non-hydrogen) atoms. The minimum atomic E-state index is -0.853. The number of nitrogens with one attached hydrogen (secondary N) is 1. The van der Waals surface area contributed by atoms with Crippen LogP contribution in [0.2, 0.25) is 5.02 Å². The third-order valence-electron chi connectivity index (χ3n) is 5.86. The summed E-state index contributed by atoms with van der Waals surface area (Å²) in [4.78, 5) is 28.5. The predicted octanol–water partition coefficient (Wildman–Crippen LogP) is 5.29. The molecule has 0 bridgehead atoms. The minimum Gasteiger partial charge on any atom is -0.505 e. The zero-order chi connectivity index (χ0) is 22.0. The molecule has 2 aromatic carbocycles. The van der Waals surface area contributed by atoms with Crippen LogP contribution in [-0.2, 0) is 4.79 Å². The van der Waals surface area contributed by atoms with Crippen LogP contribution >= 0.6 is 11.6 Å². The molecule has 1 fully saturated rings. The predicted molar refractivity (Wildman–Crippen MR) is 118 cm³/mol. The van der Waals surface area contributed by atoms with Gasteiger partial charge in [0.25, 0.3) is 5.69 Å². The number of aromatic hydroxyl groups is 1. The smallest absolute Gasteiger partial charge is 0.279 e. The van der Waals surface area contributed by atoms with Gasteiger partial charge in [-0.1, -0.05) is 49.1 Å². The Morgan fingerprint density at radius 3 is 2.61 bits per heavy atom. The molecule has 160 valence electrons. The quantitative estimate of drug-likeness (QED) is 0.415. The lowest BCUT2D eigenvalue weighted by Gasteiger charge is -2.26. The van der Waals surface area contributed by atoms with Crippen LogP contribution in [0.5, 0.6) is 5.75 Å². The number of nitro benzene ring substituents is 1. The number of hydrogen-bond acceptors (Lipinski definition) is 5. The molecule has 0 aliphatic heterocycles. The van der Waals surface area contributed by atoms with Crippen molar-refractivity contribution in [3.63, 3.8) is 0 Å². The monoisotopic (exact) mass is 439 g/mol. The number of halogens is 1. The number of pyridine rings is 1. The van der Waals surface area contributed by atoms with Gasteiger partial charge in [0.05, 0.1) is 16.4 Å². The molecule has 2 N–H and O–H groups in total. The number of phenolic OH excluding ortho intramolecular Hbond substituents is 1. The van der Waals surface area contributed by atoms with Crippen LogP contribution in [0.1, 0.15) is 49.3 Å². The first-order valence-corrected chi connectivity index (χ1v) is 10.6. The van der Waals surface area contributed by atoms with Crippen molar-refractivity contribution in [2.75, 3.05) is 0 Å². The largest absolute Gasteiger partial charge is 0.505 e. The highest BCUT2D eigenvalue weighted by atomic mass is 35.5. The van der Waals surface area contributed by atoms with E-state index in [4.69, 9.17) is 11.6 Å². The molecule has 0 radical (unpaired) electrons. The van der Waals surface area contributed by atoms with E-state index in [2.05, 4.69) is 10.3 Å². The number of nitro groups is 1. The summed E-state index contributed by atoms with van der Waals surface area (Å²) in [6.07, 6.45) is 6.15. The molecule has 0 spiro atoms. The first-order valence-electron chi connectivity index (χ1n) is 10.3. The molecule has 1 saturated carbocycles. The topological polar surface area (TPSA) is 105 Å². The van der Waals surface area contributed by atoms with E-state index in [1.165, 1.54) is 18.3 Å². The van der Waals surface area contributed by atoms with Gasteiger partial charge >= 0.3 is 0 Å². The molecule has 4 rings (SSSR count). The molecule has 1 aromatic heterocycles. The van der Waals surface area contributed by atoms with E-state index in [9.17, 15) is 20.0 Å². The Morgan fingerprint density at radius 2 is 1.90 bits per heavy atom. The van der Waals surface area contributed by atoms with Crippen molar-refractivity contribution < 1.29 is 14.8 Å². The van der Waals surface area contributed by atoms with E-state index in [1.807, 2.05) is 0 Å². The number of fused-ring (bicyclic) bond motifs is 1. The SMILES string of the molecule is O=C(NC(c1ccccc1Cl)c1cc([N+](=O)[O-])c2cccnc2c1O)C1CCCCC1. The van der Waals surface area contributed by atoms with Gasteiger partial charge in [-0.05, 0) is 36.6 Å². The second-order valence-electron chi connectivity index (χ2n) is 7.79. The number of benzene rings is 2. The fourth-order valence-corrected chi connectivity index (χ4v) is 4.50. The van der Waals surface area contributed by atoms with E-state index in [1.54, 1.807) is 30.3 Å². The molecule has 1 amide bonds. The number of non-ortho nitro benzene ring substituents is 1. The van der Waals surface area contributed by atoms with Crippen LogP contribution in [0.25, 0.3) is 10.9 Å². The lowest BCUT2D eigenvalue weighted by molar-refractivity contribution is -0.383. The van der Waals surface area contributed by atoms with Crippen molar-refractivity contribution in [3.8, 4) is 5.75 Å². The van der Waals surface area contributed by atoms with Crippen LogP contribution < -0.4 is 5.32 Å². The Bertz CT molecular complexity index is 1140. The van der Waals surface area contributed by atoms with Crippen molar-refractivity contribution in [1.29, 1.82) is 0 Å². The van der Waals surface area contributed by atoms with Gasteiger partial charge in [0.15, 0.2) is 0 Å². The number of aromatic nitrogens is 1. The number of phenols is 1. The molecular weight excluding hydrogens is 418 g/mol. The number of carbonyl (C=O) groups excluding carboxylic acids is 1. The van der Waals surface area contributed by atoms with E-state index < -0.39 is 11.0 Å². The number of rotatable bonds is 5. The lowest BCUT2D eigenvalue weighted by Crippen LogP contribution is -2.35. The Kier molecular flexibility index (Phi) is 6.04. The van der Waals surface area contributed by atoms with Gasteiger partial charge < -0.3 is 10.4 Å². The summed E-state index contributed by atoms with van der Waals surface area (Å²) >= 11 is 6.43. The zero-order valence-corrected chi connectivity index (χ0v) is 17.5. The van der Waals surface area contributed by atoms with Gasteiger partial charge in [-0.3, -0.25) is 19.9 Å². The average molecular weight is 440 g/mol. The lowest BCUT2D eigenvalue weighted by atomic mass is 9.87. The summed E-state index contributed by atoms with van der Waals surface area (Å²) in [5, 5.41) is 26.4. The molecule has 3 aromatic rings. The Balaban J connectivity index is 1.86. The van der Waals surface area contributed by atoms with Crippen molar-refractivity contribution >= 4 is 34.1 Å². The van der Waals surface area contributed by atoms with Gasteiger partial charge in [0.2, 0.25) is 5.91 Å². The summed E-state index contributed by atoms with van der Waals surface area (Å²) in [6.45, 7) is 0. The molecule has 1 aliphatic carbocycles. The van der Waals surface area contributed by atoms with Crippen molar-refractivity contribution in [1.82, 2.24) is 10.3 Å². The van der Waals surface area contributed by atoms with E-state index >= 15 is 0 Å². The summed E-state index contributed by atoms with van der Waals surface area (Å²) in [6, 6.07) is 10.5. The number of amides is 1. The third-order valence-corrected chi connectivity index (χ3v) is 6.20. The molecule has 0 saturated heterocycles. The highest BCUT2D eigenvalue weighted by Gasteiger charge is 2.30. The highest BCUT2D eigenvalue weighted by molar-refractivity contribution is 6.31. The number of nitrogens with zero attached hydrogens (tertiary/aromatic N) is 2. The molecule has 8 heteroatoms. The van der Waals surface area contributed by atoms with Crippen molar-refractivity contribution in [2.24, 2.45) is 5.92 Å². The first-order chi connectivity index (χ1) is 15.0. The third kappa shape index (κ3) is 4.18. The van der Waals surface area contributed by atoms with Gasteiger partial charge in [-0.25, -0.2) is 0 Å². The molecule has 1 aliphatic rings. The standard InChI is InChI=1S/C23H22ClN3O4/c24-18-11-5-4-9-15(18)20(26-23(29)14-7-2-1-3-8-14)17-13-19(27(30)31)16-10-6-12-25-21(16)22(17)28/h4-6,9-14,20,28H,1-3,7-8H2,(H,26,29). The second kappa shape index (κ2) is 8.89. The van der Waals surface area contributed by atoms with Crippen molar-refractivity contribution in [2.45, 2.75) is 38.1 Å². The molecule has 7 nitrogen and oxygen atoms in total. The molecule has 1 unspecified atom stereocenters. The Hall–Kier alpha value is -3.19. The maximum absolute atomic E-state index is 13.1. The Labute approximate surface area is 184 Å². The summed E-state index contributed by atoms with van der Waals surface area (Å²) < 4.78 is 0. The van der Waals surface area contributed by atoms with Gasteiger partial charge in [0.1, 0.15) is 11.3 Å². The van der Waals surface area contributed by atoms with Crippen molar-refractivity contribution in [3.05, 3.63) is 74.9 Å². The van der Waals surface area contributed by atoms with E-state index in [0.29, 0.717) is 10.6 Å². The highest BCUT2D eigenvalue weighted by Crippen LogP contribution is 2.41. The Morgan fingerprint density at radius 1 is 1.16 bits per heavy atom. The zero-order valence-electron chi connectivity index (χ0n) is 16.8. The average Bonchev–Trinajstić information content (AvgIpc) is 2.79. The van der Waals surface area contributed by atoms with E-state index in [0.717, 1.165) is 32.1 Å². The van der Waals surface area contributed by atoms with Crippen LogP contribution in [0.4, 0.5) is 5.69 Å². The summed E-state index contributed by atoms with van der Waals surface area (Å²) in [7, 11) is 0. The fourth-order valence-electron chi connectivity index (χ4n) is 4.26. The second-order valence-corrected chi connectivity index (χ2v) is 8.20. The van der Waals surface area contributed by atoms with Crippen LogP contribution in [0.15, 0.2) is 48.7 Å². The number of hydrogen-bond donors (Lipinski definition) is 2. The summed E-state index contributed by atoms with van der Waals surface area (Å²) in [5.74, 6) is -0.489. The van der Waals surface area contributed by atoms with Gasteiger partial charge in [0, 0.05) is 28.8 Å².